The van der Waals surface area contributed by atoms with Gasteiger partial charge >= 0.3 is 0 Å². The highest BCUT2D eigenvalue weighted by atomic mass is 16.5. The SMILES string of the molecule is CC(C)C(=O)NCCNC(=O)c1ccc(COc2ccccc2)cc1. The van der Waals surface area contributed by atoms with Gasteiger partial charge in [0.15, 0.2) is 0 Å². The molecule has 0 aliphatic carbocycles. The van der Waals surface area contributed by atoms with Crippen molar-refractivity contribution in [3.63, 3.8) is 0 Å². The lowest BCUT2D eigenvalue weighted by Gasteiger charge is -2.09. The van der Waals surface area contributed by atoms with Gasteiger partial charge in [0.05, 0.1) is 0 Å². The Morgan fingerprint density at radius 2 is 1.56 bits per heavy atom. The van der Waals surface area contributed by atoms with E-state index in [0.717, 1.165) is 11.3 Å². The minimum atomic E-state index is -0.158. The Bertz CT molecular complexity index is 682. The van der Waals surface area contributed by atoms with Gasteiger partial charge in [0.2, 0.25) is 5.91 Å². The molecule has 0 spiro atoms. The van der Waals surface area contributed by atoms with Crippen molar-refractivity contribution in [1.29, 1.82) is 0 Å². The average Bonchev–Trinajstić information content (AvgIpc) is 2.64. The first kappa shape index (κ1) is 18.5. The van der Waals surface area contributed by atoms with Crippen LogP contribution in [0.5, 0.6) is 5.75 Å². The Kier molecular flexibility index (Phi) is 7.01. The Labute approximate surface area is 148 Å². The van der Waals surface area contributed by atoms with E-state index in [9.17, 15) is 9.59 Å². The molecule has 5 heteroatoms. The number of ether oxygens (including phenoxy) is 1. The number of nitrogens with one attached hydrogen (secondary N) is 2. The van der Waals surface area contributed by atoms with Crippen molar-refractivity contribution in [3.8, 4) is 5.75 Å². The van der Waals surface area contributed by atoms with E-state index >= 15 is 0 Å². The van der Waals surface area contributed by atoms with Crippen LogP contribution in [-0.4, -0.2) is 24.9 Å². The summed E-state index contributed by atoms with van der Waals surface area (Å²) in [4.78, 5) is 23.5. The second-order valence-electron chi connectivity index (χ2n) is 6.00. The maximum atomic E-state index is 12.1. The average molecular weight is 340 g/mol. The molecule has 2 amide bonds. The number of hydrogen-bond acceptors (Lipinski definition) is 3. The van der Waals surface area contributed by atoms with Crippen molar-refractivity contribution in [1.82, 2.24) is 10.6 Å². The molecule has 132 valence electrons. The van der Waals surface area contributed by atoms with E-state index in [1.54, 1.807) is 12.1 Å². The summed E-state index contributed by atoms with van der Waals surface area (Å²) in [5.74, 6) is 0.584. The number of rotatable bonds is 8. The van der Waals surface area contributed by atoms with E-state index in [1.807, 2.05) is 56.3 Å². The third kappa shape index (κ3) is 6.30. The van der Waals surface area contributed by atoms with Crippen LogP contribution in [0.1, 0.15) is 29.8 Å². The van der Waals surface area contributed by atoms with Crippen molar-refractivity contribution < 1.29 is 14.3 Å². The Hall–Kier alpha value is -2.82. The molecule has 0 aliphatic rings. The highest BCUT2D eigenvalue weighted by Crippen LogP contribution is 2.12. The zero-order valence-corrected chi connectivity index (χ0v) is 14.6. The van der Waals surface area contributed by atoms with Crippen LogP contribution < -0.4 is 15.4 Å². The summed E-state index contributed by atoms with van der Waals surface area (Å²) in [6.07, 6.45) is 0. The van der Waals surface area contributed by atoms with Gasteiger partial charge in [-0.05, 0) is 29.8 Å². The number of hydrogen-bond donors (Lipinski definition) is 2. The van der Waals surface area contributed by atoms with Crippen LogP contribution in [0.25, 0.3) is 0 Å². The predicted molar refractivity (Wildman–Crippen MR) is 97.4 cm³/mol. The first-order valence-corrected chi connectivity index (χ1v) is 8.39. The molecule has 2 rings (SSSR count). The number of amides is 2. The molecule has 0 atom stereocenters. The van der Waals surface area contributed by atoms with Crippen LogP contribution in [-0.2, 0) is 11.4 Å². The molecular formula is C20H24N2O3. The minimum absolute atomic E-state index is 0.0167. The van der Waals surface area contributed by atoms with Crippen LogP contribution in [0.15, 0.2) is 54.6 Å². The van der Waals surface area contributed by atoms with Gasteiger partial charge < -0.3 is 15.4 Å². The van der Waals surface area contributed by atoms with Crippen LogP contribution in [0.4, 0.5) is 0 Å². The first-order valence-electron chi connectivity index (χ1n) is 8.39. The fourth-order valence-corrected chi connectivity index (χ4v) is 2.10. The molecule has 0 saturated heterocycles. The molecule has 25 heavy (non-hydrogen) atoms. The maximum Gasteiger partial charge on any atom is 0.251 e. The number of carbonyl (C=O) groups excluding carboxylic acids is 2. The van der Waals surface area contributed by atoms with Crippen LogP contribution in [0.2, 0.25) is 0 Å². The largest absolute Gasteiger partial charge is 0.489 e. The topological polar surface area (TPSA) is 67.4 Å². The van der Waals surface area contributed by atoms with Gasteiger partial charge in [0, 0.05) is 24.6 Å². The van der Waals surface area contributed by atoms with E-state index in [1.165, 1.54) is 0 Å². The molecule has 0 unspecified atom stereocenters. The van der Waals surface area contributed by atoms with Crippen LogP contribution in [0.3, 0.4) is 0 Å². The molecule has 2 aromatic rings. The monoisotopic (exact) mass is 340 g/mol. The molecule has 5 nitrogen and oxygen atoms in total. The van der Waals surface area contributed by atoms with Gasteiger partial charge in [-0.15, -0.1) is 0 Å². The lowest BCUT2D eigenvalue weighted by atomic mass is 10.1. The zero-order chi connectivity index (χ0) is 18.1. The minimum Gasteiger partial charge on any atom is -0.489 e. The van der Waals surface area contributed by atoms with Gasteiger partial charge in [-0.1, -0.05) is 44.2 Å². The summed E-state index contributed by atoms with van der Waals surface area (Å²) in [6, 6.07) is 16.9. The summed E-state index contributed by atoms with van der Waals surface area (Å²) in [6.45, 7) is 4.93. The molecule has 0 fully saturated rings. The summed E-state index contributed by atoms with van der Waals surface area (Å²) in [5.41, 5.74) is 1.57. The van der Waals surface area contributed by atoms with Crippen molar-refractivity contribution in [2.24, 2.45) is 5.92 Å². The lowest BCUT2D eigenvalue weighted by Crippen LogP contribution is -2.36. The van der Waals surface area contributed by atoms with E-state index in [4.69, 9.17) is 4.74 Å². The summed E-state index contributed by atoms with van der Waals surface area (Å²) in [7, 11) is 0. The van der Waals surface area contributed by atoms with E-state index < -0.39 is 0 Å². The van der Waals surface area contributed by atoms with E-state index in [-0.39, 0.29) is 17.7 Å². The second kappa shape index (κ2) is 9.47. The highest BCUT2D eigenvalue weighted by Gasteiger charge is 2.07. The standard InChI is InChI=1S/C20H24N2O3/c1-15(2)19(23)21-12-13-22-20(24)17-10-8-16(9-11-17)14-25-18-6-4-3-5-7-18/h3-11,15H,12-14H2,1-2H3,(H,21,23)(H,22,24). The fourth-order valence-electron chi connectivity index (χ4n) is 2.10. The van der Waals surface area contributed by atoms with Crippen LogP contribution in [0, 0.1) is 5.92 Å². The molecule has 2 aromatic carbocycles. The van der Waals surface area contributed by atoms with Crippen LogP contribution >= 0.6 is 0 Å². The first-order chi connectivity index (χ1) is 12.1. The molecule has 2 N–H and O–H groups in total. The van der Waals surface area contributed by atoms with Crippen molar-refractivity contribution in [2.45, 2.75) is 20.5 Å². The zero-order valence-electron chi connectivity index (χ0n) is 14.6. The number of carbonyl (C=O) groups is 2. The molecule has 0 heterocycles. The van der Waals surface area contributed by atoms with Crippen molar-refractivity contribution >= 4 is 11.8 Å². The molecule has 0 bridgehead atoms. The Morgan fingerprint density at radius 3 is 2.20 bits per heavy atom. The molecule has 0 saturated carbocycles. The summed E-state index contributed by atoms with van der Waals surface area (Å²) >= 11 is 0. The van der Waals surface area contributed by atoms with Gasteiger partial charge in [0.25, 0.3) is 5.91 Å². The van der Waals surface area contributed by atoms with Gasteiger partial charge in [-0.3, -0.25) is 9.59 Å². The van der Waals surface area contributed by atoms with Crippen molar-refractivity contribution in [3.05, 3.63) is 65.7 Å². The van der Waals surface area contributed by atoms with Gasteiger partial charge in [-0.2, -0.15) is 0 Å². The molecule has 0 aromatic heterocycles. The van der Waals surface area contributed by atoms with E-state index in [0.29, 0.717) is 25.3 Å². The number of benzene rings is 2. The molecule has 0 radical (unpaired) electrons. The number of para-hydroxylation sites is 1. The molecule has 0 aliphatic heterocycles. The Morgan fingerprint density at radius 1 is 0.920 bits per heavy atom. The Balaban J connectivity index is 1.75. The lowest BCUT2D eigenvalue weighted by molar-refractivity contribution is -0.123. The highest BCUT2D eigenvalue weighted by molar-refractivity contribution is 5.94. The second-order valence-corrected chi connectivity index (χ2v) is 6.00. The fraction of sp³-hybridized carbons (Fsp3) is 0.300. The maximum absolute atomic E-state index is 12.1. The summed E-state index contributed by atoms with van der Waals surface area (Å²) in [5, 5.41) is 5.55. The quantitative estimate of drug-likeness (QED) is 0.726. The summed E-state index contributed by atoms with van der Waals surface area (Å²) < 4.78 is 5.67. The predicted octanol–water partition coefficient (Wildman–Crippen LogP) is 2.77. The third-order valence-corrected chi connectivity index (χ3v) is 3.60. The van der Waals surface area contributed by atoms with Crippen molar-refractivity contribution in [2.75, 3.05) is 13.1 Å². The molecular weight excluding hydrogens is 316 g/mol. The third-order valence-electron chi connectivity index (χ3n) is 3.60. The normalized spacial score (nSPS) is 10.4. The van der Waals surface area contributed by atoms with E-state index in [2.05, 4.69) is 10.6 Å². The van der Waals surface area contributed by atoms with Gasteiger partial charge in [-0.25, -0.2) is 0 Å². The smallest absolute Gasteiger partial charge is 0.251 e. The van der Waals surface area contributed by atoms with Gasteiger partial charge in [0.1, 0.15) is 12.4 Å².